The molecule has 0 saturated carbocycles. The number of nitrogens with one attached hydrogen (secondary N) is 1. The van der Waals surface area contributed by atoms with Crippen LogP contribution in [0, 0.1) is 0 Å². The van der Waals surface area contributed by atoms with Crippen molar-refractivity contribution >= 4 is 19.7 Å². The minimum atomic E-state index is -4.71. The van der Waals surface area contributed by atoms with E-state index in [0.29, 0.717) is 17.4 Å². The summed E-state index contributed by atoms with van der Waals surface area (Å²) in [4.78, 5) is 40.1. The normalized spacial score (nSPS) is 14.0. The van der Waals surface area contributed by atoms with Crippen LogP contribution in [0.1, 0.15) is 316 Å². The van der Waals surface area contributed by atoms with Gasteiger partial charge >= 0.3 is 5.97 Å². The zero-order valence-corrected chi connectivity index (χ0v) is 54.9. The molecule has 0 spiro atoms. The molecule has 0 fully saturated rings. The van der Waals surface area contributed by atoms with E-state index in [1.807, 2.05) is 33.3 Å². The fourth-order valence-corrected chi connectivity index (χ4v) is 10.6. The number of likely N-dealkylation sites (N-methyl/N-ethyl adjacent to an activating group) is 1. The second-order valence-electron chi connectivity index (χ2n) is 24.3. The summed E-state index contributed by atoms with van der Waals surface area (Å²) in [5.41, 5.74) is 0. The van der Waals surface area contributed by atoms with Gasteiger partial charge in [-0.15, -0.1) is 0 Å². The topological polar surface area (TPSA) is 114 Å². The van der Waals surface area contributed by atoms with Crippen LogP contribution in [0.4, 0.5) is 0 Å². The second-order valence-corrected chi connectivity index (χ2v) is 25.7. The molecule has 0 radical (unpaired) electrons. The smallest absolute Gasteiger partial charge is 0.306 e. The Morgan fingerprint density at radius 3 is 1.19 bits per heavy atom. The number of hydrogen-bond acceptors (Lipinski definition) is 7. The summed E-state index contributed by atoms with van der Waals surface area (Å²) in [7, 11) is 1.18. The van der Waals surface area contributed by atoms with Crippen LogP contribution < -0.4 is 10.2 Å². The molecule has 0 saturated heterocycles. The van der Waals surface area contributed by atoms with Crippen molar-refractivity contribution in [2.24, 2.45) is 0 Å². The van der Waals surface area contributed by atoms with Crippen molar-refractivity contribution in [2.45, 2.75) is 328 Å². The van der Waals surface area contributed by atoms with E-state index >= 15 is 0 Å². The van der Waals surface area contributed by atoms with Crippen LogP contribution >= 0.6 is 7.82 Å². The number of carbonyl (C=O) groups excluding carboxylic acids is 2. The van der Waals surface area contributed by atoms with E-state index in [1.54, 1.807) is 0 Å². The first-order valence-corrected chi connectivity index (χ1v) is 35.7. The second kappa shape index (κ2) is 60.6. The highest BCUT2D eigenvalue weighted by molar-refractivity contribution is 7.45. The van der Waals surface area contributed by atoms with Crippen LogP contribution in [-0.4, -0.2) is 69.4 Å². The maximum absolute atomic E-state index is 13.6. The molecule has 0 heterocycles. The van der Waals surface area contributed by atoms with E-state index in [1.165, 1.54) is 180 Å². The van der Waals surface area contributed by atoms with E-state index in [2.05, 4.69) is 86.8 Å². The third-order valence-electron chi connectivity index (χ3n) is 15.2. The number of nitrogens with zero attached hydrogens (tertiary/aromatic N) is 1. The fraction of sp³-hybridized carbons (Fsp3) is 0.803. The van der Waals surface area contributed by atoms with Gasteiger partial charge in [-0.2, -0.15) is 0 Å². The Morgan fingerprint density at radius 2 is 0.790 bits per heavy atom. The van der Waals surface area contributed by atoms with Crippen LogP contribution in [0.5, 0.6) is 0 Å². The lowest BCUT2D eigenvalue weighted by Gasteiger charge is -2.30. The summed E-state index contributed by atoms with van der Waals surface area (Å²) in [5, 5.41) is 3.03. The predicted octanol–water partition coefficient (Wildman–Crippen LogP) is 20.9. The first kappa shape index (κ1) is 78.5. The highest BCUT2D eigenvalue weighted by atomic mass is 31.2. The van der Waals surface area contributed by atoms with Crippen LogP contribution in [0.25, 0.3) is 0 Å². The number of ether oxygens (including phenoxy) is 1. The van der Waals surface area contributed by atoms with Gasteiger partial charge < -0.3 is 28.5 Å². The highest BCUT2D eigenvalue weighted by Crippen LogP contribution is 2.38. The lowest BCUT2D eigenvalue weighted by Crippen LogP contribution is -2.47. The Labute approximate surface area is 502 Å². The average molecular weight is 1160 g/mol. The predicted molar refractivity (Wildman–Crippen MR) is 348 cm³/mol. The summed E-state index contributed by atoms with van der Waals surface area (Å²) in [6, 6.07) is -0.896. The minimum absolute atomic E-state index is 0.0256. The summed E-state index contributed by atoms with van der Waals surface area (Å²) in [6.07, 6.45) is 78.8. The van der Waals surface area contributed by atoms with Crippen LogP contribution in [-0.2, 0) is 27.9 Å². The molecule has 3 atom stereocenters. The number of carbonyl (C=O) groups is 2. The van der Waals surface area contributed by atoms with Crippen molar-refractivity contribution in [2.75, 3.05) is 40.9 Å². The molecule has 472 valence electrons. The van der Waals surface area contributed by atoms with E-state index in [-0.39, 0.29) is 24.9 Å². The minimum Gasteiger partial charge on any atom is -0.756 e. The monoisotopic (exact) mass is 1150 g/mol. The van der Waals surface area contributed by atoms with Gasteiger partial charge in [0, 0.05) is 12.8 Å². The van der Waals surface area contributed by atoms with Gasteiger partial charge in [-0.05, 0) is 76.7 Å². The molecule has 9 nitrogen and oxygen atoms in total. The van der Waals surface area contributed by atoms with Crippen molar-refractivity contribution in [1.29, 1.82) is 0 Å². The standard InChI is InChI=1S/C71H131N2O7P/c1-7-10-13-16-19-22-25-27-29-31-33-35-36-38-39-41-43-45-48-51-54-57-60-63-70(74)72-68(67-79-81(76,77)78-66-65-73(4,5)6)69(62-59-56-53-50-47-24-21-18-15-12-9-3)80-71(75)64-61-58-55-52-49-46-44-42-40-37-34-32-30-28-26-23-20-17-14-11-8-2/h10,13,19,22,27,29,33,35,38-39,59,62,68-69H,7-9,11-12,14-18,20-21,23-26,28,30-32,34,36-37,40-58,60-61,63-67H2,1-6H3,(H-,72,74,76,77)/b13-10-,22-19-,29-27-,35-33-,39-38-,62-59+. The molecule has 3 unspecified atom stereocenters. The maximum Gasteiger partial charge on any atom is 0.306 e. The lowest BCUT2D eigenvalue weighted by molar-refractivity contribution is -0.870. The molecule has 0 aliphatic heterocycles. The van der Waals surface area contributed by atoms with Crippen molar-refractivity contribution in [3.8, 4) is 0 Å². The number of rotatable bonds is 62. The molecule has 0 aromatic rings. The fourth-order valence-electron chi connectivity index (χ4n) is 9.90. The summed E-state index contributed by atoms with van der Waals surface area (Å²) in [5.74, 6) is -0.544. The van der Waals surface area contributed by atoms with Gasteiger partial charge in [0.25, 0.3) is 7.82 Å². The molecule has 0 aromatic heterocycles. The number of unbranched alkanes of at least 4 members (excludes halogenated alkanes) is 36. The van der Waals surface area contributed by atoms with E-state index in [0.717, 1.165) is 103 Å². The molecule has 1 N–H and O–H groups in total. The molecule has 1 amide bonds. The SMILES string of the molecule is CC/C=C\C/C=C\C/C=C\C/C=C\C/C=C\CCCCCCCCCC(=O)NC(COP(=O)([O-])OCC[N+](C)(C)C)C(/C=C/CCCCCCCCCCC)OC(=O)CCCCCCCCCCCCCCCCCCCCCCC. The molecule has 10 heteroatoms. The van der Waals surface area contributed by atoms with Gasteiger partial charge in [-0.1, -0.05) is 299 Å². The van der Waals surface area contributed by atoms with Gasteiger partial charge in [0.1, 0.15) is 19.3 Å². The number of amides is 1. The van der Waals surface area contributed by atoms with Gasteiger partial charge in [-0.25, -0.2) is 0 Å². The van der Waals surface area contributed by atoms with E-state index in [9.17, 15) is 19.0 Å². The average Bonchev–Trinajstić information content (AvgIpc) is 3.43. The molecule has 0 aliphatic rings. The Bertz CT molecular complexity index is 1620. The van der Waals surface area contributed by atoms with Gasteiger partial charge in [0.15, 0.2) is 0 Å². The quantitative estimate of drug-likeness (QED) is 0.0212. The van der Waals surface area contributed by atoms with Crippen molar-refractivity contribution in [1.82, 2.24) is 5.32 Å². The number of hydrogen-bond donors (Lipinski definition) is 1. The zero-order chi connectivity index (χ0) is 59.3. The number of phosphoric acid groups is 1. The van der Waals surface area contributed by atoms with Gasteiger partial charge in [0.05, 0.1) is 33.8 Å². The third-order valence-corrected chi connectivity index (χ3v) is 16.1. The largest absolute Gasteiger partial charge is 0.756 e. The molecule has 0 rings (SSSR count). The lowest BCUT2D eigenvalue weighted by atomic mass is 10.0. The van der Waals surface area contributed by atoms with Crippen molar-refractivity contribution < 1.29 is 37.3 Å². The van der Waals surface area contributed by atoms with E-state index < -0.39 is 26.6 Å². The maximum atomic E-state index is 13.6. The molecular formula is C71H131N2O7P. The molecular weight excluding hydrogens is 1020 g/mol. The molecule has 81 heavy (non-hydrogen) atoms. The zero-order valence-electron chi connectivity index (χ0n) is 54.0. The summed E-state index contributed by atoms with van der Waals surface area (Å²) >= 11 is 0. The number of phosphoric ester groups is 1. The van der Waals surface area contributed by atoms with Crippen molar-refractivity contribution in [3.63, 3.8) is 0 Å². The summed E-state index contributed by atoms with van der Waals surface area (Å²) < 4.78 is 30.4. The van der Waals surface area contributed by atoms with Gasteiger partial charge in [0.2, 0.25) is 5.91 Å². The van der Waals surface area contributed by atoms with Gasteiger partial charge in [-0.3, -0.25) is 14.2 Å². The number of allylic oxidation sites excluding steroid dienone is 11. The molecule has 0 bridgehead atoms. The number of quaternary nitrogens is 1. The van der Waals surface area contributed by atoms with Crippen LogP contribution in [0.15, 0.2) is 72.9 Å². The van der Waals surface area contributed by atoms with Crippen LogP contribution in [0.2, 0.25) is 0 Å². The Hall–Kier alpha value is -2.55. The highest BCUT2D eigenvalue weighted by Gasteiger charge is 2.27. The third kappa shape index (κ3) is 61.8. The first-order valence-electron chi connectivity index (χ1n) is 34.2. The van der Waals surface area contributed by atoms with Crippen molar-refractivity contribution in [3.05, 3.63) is 72.9 Å². The molecule has 0 aliphatic carbocycles. The molecule has 0 aromatic carbocycles. The number of esters is 1. The Kier molecular flexibility index (Phi) is 58.7. The Balaban J connectivity index is 5.10. The van der Waals surface area contributed by atoms with E-state index in [4.69, 9.17) is 13.8 Å². The summed E-state index contributed by atoms with van der Waals surface area (Å²) in [6.45, 7) is 6.75. The first-order chi connectivity index (χ1) is 39.4. The Morgan fingerprint density at radius 1 is 0.444 bits per heavy atom. The van der Waals surface area contributed by atoms with Crippen LogP contribution in [0.3, 0.4) is 0 Å².